The molecule has 0 saturated heterocycles. The van der Waals surface area contributed by atoms with Gasteiger partial charge < -0.3 is 19.5 Å². The van der Waals surface area contributed by atoms with Crippen LogP contribution in [0.3, 0.4) is 0 Å². The van der Waals surface area contributed by atoms with Crippen LogP contribution >= 0.6 is 11.6 Å². The van der Waals surface area contributed by atoms with Crippen molar-refractivity contribution in [3.8, 4) is 28.4 Å². The summed E-state index contributed by atoms with van der Waals surface area (Å²) < 4.78 is 16.9. The summed E-state index contributed by atoms with van der Waals surface area (Å²) in [6, 6.07) is 9.63. The lowest BCUT2D eigenvalue weighted by molar-refractivity contribution is -0.121. The highest BCUT2D eigenvalue weighted by atomic mass is 35.5. The molecule has 4 rings (SSSR count). The van der Waals surface area contributed by atoms with E-state index in [-0.39, 0.29) is 12.0 Å². The quantitative estimate of drug-likeness (QED) is 0.753. The Kier molecular flexibility index (Phi) is 5.36. The number of carbonyl (C=O) groups excluding carboxylic acids is 1. The van der Waals surface area contributed by atoms with Gasteiger partial charge in [-0.15, -0.1) is 0 Å². The summed E-state index contributed by atoms with van der Waals surface area (Å²) >= 11 is 6.51. The minimum atomic E-state index is -0.0990. The van der Waals surface area contributed by atoms with E-state index < -0.39 is 0 Å². The Morgan fingerprint density at radius 2 is 2.04 bits per heavy atom. The second kappa shape index (κ2) is 7.92. The highest BCUT2D eigenvalue weighted by Gasteiger charge is 2.28. The van der Waals surface area contributed by atoms with Gasteiger partial charge in [0.25, 0.3) is 0 Å². The van der Waals surface area contributed by atoms with Crippen molar-refractivity contribution in [2.24, 2.45) is 5.92 Å². The van der Waals surface area contributed by atoms with Crippen LogP contribution in [-0.4, -0.2) is 32.8 Å². The Balaban J connectivity index is 1.51. The molecule has 1 amide bonds. The van der Waals surface area contributed by atoms with Gasteiger partial charge in [-0.3, -0.25) is 4.79 Å². The number of carbonyl (C=O) groups is 1. The Bertz CT molecular complexity index is 894. The Morgan fingerprint density at radius 3 is 2.75 bits per heavy atom. The molecule has 1 fully saturated rings. The van der Waals surface area contributed by atoms with E-state index in [2.05, 4.69) is 11.4 Å². The van der Waals surface area contributed by atoms with Crippen molar-refractivity contribution >= 4 is 17.5 Å². The molecule has 2 aromatic carbocycles. The van der Waals surface area contributed by atoms with Gasteiger partial charge in [-0.2, -0.15) is 0 Å². The second-order valence-corrected chi connectivity index (χ2v) is 7.82. The average molecular weight is 402 g/mol. The number of methoxy groups -OCH3 is 2. The summed E-state index contributed by atoms with van der Waals surface area (Å²) in [6.07, 6.45) is 3.58. The Hall–Kier alpha value is -2.40. The first-order valence-corrected chi connectivity index (χ1v) is 9.93. The predicted molar refractivity (Wildman–Crippen MR) is 108 cm³/mol. The highest BCUT2D eigenvalue weighted by molar-refractivity contribution is 6.32. The van der Waals surface area contributed by atoms with Crippen LogP contribution < -0.4 is 19.5 Å². The number of fused-ring (bicyclic) bond motifs is 1. The molecule has 148 valence electrons. The van der Waals surface area contributed by atoms with Gasteiger partial charge in [0.15, 0.2) is 0 Å². The van der Waals surface area contributed by atoms with E-state index in [1.54, 1.807) is 14.2 Å². The third kappa shape index (κ3) is 4.04. The van der Waals surface area contributed by atoms with Gasteiger partial charge in [0.1, 0.15) is 23.4 Å². The number of nitrogens with one attached hydrogen (secondary N) is 1. The first-order chi connectivity index (χ1) is 13.6. The molecule has 5 nitrogen and oxygen atoms in total. The maximum absolute atomic E-state index is 11.9. The topological polar surface area (TPSA) is 56.8 Å². The van der Waals surface area contributed by atoms with Gasteiger partial charge in [-0.1, -0.05) is 11.6 Å². The van der Waals surface area contributed by atoms with Crippen LogP contribution in [0.4, 0.5) is 0 Å². The van der Waals surface area contributed by atoms with Gasteiger partial charge in [0, 0.05) is 24.0 Å². The summed E-state index contributed by atoms with van der Waals surface area (Å²) in [7, 11) is 3.28. The van der Waals surface area contributed by atoms with Gasteiger partial charge in [-0.25, -0.2) is 0 Å². The van der Waals surface area contributed by atoms with E-state index in [1.807, 2.05) is 24.3 Å². The molecule has 1 aliphatic heterocycles. The molecule has 0 spiro atoms. The number of hydrogen-bond donors (Lipinski definition) is 1. The number of amides is 1. The van der Waals surface area contributed by atoms with E-state index >= 15 is 0 Å². The largest absolute Gasteiger partial charge is 0.497 e. The zero-order valence-electron chi connectivity index (χ0n) is 16.1. The number of halogens is 1. The highest BCUT2D eigenvalue weighted by Crippen LogP contribution is 2.42. The van der Waals surface area contributed by atoms with Gasteiger partial charge in [-0.05, 0) is 54.7 Å². The lowest BCUT2D eigenvalue weighted by Gasteiger charge is -2.13. The summed E-state index contributed by atoms with van der Waals surface area (Å²) in [5.74, 6) is 2.89. The van der Waals surface area contributed by atoms with Crippen molar-refractivity contribution in [2.45, 2.75) is 31.8 Å². The van der Waals surface area contributed by atoms with E-state index in [0.29, 0.717) is 36.1 Å². The van der Waals surface area contributed by atoms with Crippen LogP contribution in [-0.2, 0) is 11.2 Å². The molecular formula is C22H24ClNO4. The molecule has 1 heterocycles. The lowest BCUT2D eigenvalue weighted by atomic mass is 9.99. The van der Waals surface area contributed by atoms with Crippen molar-refractivity contribution in [3.05, 3.63) is 40.9 Å². The zero-order valence-corrected chi connectivity index (χ0v) is 16.8. The fraction of sp³-hybridized carbons (Fsp3) is 0.409. The lowest BCUT2D eigenvalue weighted by Crippen LogP contribution is -2.34. The third-order valence-corrected chi connectivity index (χ3v) is 5.55. The normalized spacial score (nSPS) is 17.6. The third-order valence-electron chi connectivity index (χ3n) is 5.27. The van der Waals surface area contributed by atoms with Crippen LogP contribution in [0, 0.1) is 5.92 Å². The minimum Gasteiger partial charge on any atom is -0.497 e. The summed E-state index contributed by atoms with van der Waals surface area (Å²) in [5.41, 5.74) is 2.89. The first-order valence-electron chi connectivity index (χ1n) is 9.55. The predicted octanol–water partition coefficient (Wildman–Crippen LogP) is 4.24. The van der Waals surface area contributed by atoms with Crippen LogP contribution in [0.25, 0.3) is 11.1 Å². The average Bonchev–Trinajstić information content (AvgIpc) is 3.41. The minimum absolute atomic E-state index is 0.0990. The molecule has 2 aromatic rings. The van der Waals surface area contributed by atoms with Crippen molar-refractivity contribution in [1.82, 2.24) is 5.32 Å². The molecule has 0 unspecified atom stereocenters. The van der Waals surface area contributed by atoms with Gasteiger partial charge >= 0.3 is 0 Å². The molecule has 0 radical (unpaired) electrons. The van der Waals surface area contributed by atoms with Crippen LogP contribution in [0.2, 0.25) is 5.02 Å². The van der Waals surface area contributed by atoms with Crippen LogP contribution in [0.1, 0.15) is 24.8 Å². The first kappa shape index (κ1) is 18.9. The van der Waals surface area contributed by atoms with Crippen molar-refractivity contribution in [1.29, 1.82) is 0 Å². The molecule has 0 aromatic heterocycles. The van der Waals surface area contributed by atoms with Crippen LogP contribution in [0.5, 0.6) is 17.2 Å². The van der Waals surface area contributed by atoms with Crippen molar-refractivity contribution < 1.29 is 19.0 Å². The van der Waals surface area contributed by atoms with E-state index in [1.165, 1.54) is 12.8 Å². The SMILES string of the molecule is COc1ccc(OC)c(-c2cc(Cl)c3c(c2)C[C@H](CNC(=O)CC2CC2)O3)c1. The summed E-state index contributed by atoms with van der Waals surface area (Å²) in [4.78, 5) is 11.9. The van der Waals surface area contributed by atoms with E-state index in [9.17, 15) is 4.79 Å². The Labute approximate surface area is 169 Å². The number of hydrogen-bond acceptors (Lipinski definition) is 4. The molecule has 1 aliphatic carbocycles. The standard InChI is InChI=1S/C22H24ClNO4/c1-26-16-5-6-20(27-2)18(11-16)14-8-15-9-17(28-22(15)19(23)10-14)12-24-21(25)7-13-3-4-13/h5-6,8,10-11,13,17H,3-4,7,9,12H2,1-2H3,(H,24,25)/t17-/m1/s1. The van der Waals surface area contributed by atoms with Gasteiger partial charge in [0.05, 0.1) is 25.8 Å². The molecule has 1 saturated carbocycles. The maximum atomic E-state index is 11.9. The smallest absolute Gasteiger partial charge is 0.220 e. The summed E-state index contributed by atoms with van der Waals surface area (Å²) in [5, 5.41) is 3.55. The Morgan fingerprint density at radius 1 is 1.21 bits per heavy atom. The molecule has 6 heteroatoms. The van der Waals surface area contributed by atoms with E-state index in [0.717, 1.165) is 28.2 Å². The van der Waals surface area contributed by atoms with Crippen LogP contribution in [0.15, 0.2) is 30.3 Å². The van der Waals surface area contributed by atoms with E-state index in [4.69, 9.17) is 25.8 Å². The number of rotatable bonds is 7. The summed E-state index contributed by atoms with van der Waals surface area (Å²) in [6.45, 7) is 0.494. The fourth-order valence-corrected chi connectivity index (χ4v) is 3.86. The number of ether oxygens (including phenoxy) is 3. The molecular weight excluding hydrogens is 378 g/mol. The zero-order chi connectivity index (χ0) is 19.7. The monoisotopic (exact) mass is 401 g/mol. The molecule has 1 N–H and O–H groups in total. The maximum Gasteiger partial charge on any atom is 0.220 e. The van der Waals surface area contributed by atoms with Crippen molar-refractivity contribution in [2.75, 3.05) is 20.8 Å². The molecule has 2 aliphatic rings. The van der Waals surface area contributed by atoms with Gasteiger partial charge in [0.2, 0.25) is 5.91 Å². The molecule has 0 bridgehead atoms. The molecule has 28 heavy (non-hydrogen) atoms. The molecule has 1 atom stereocenters. The second-order valence-electron chi connectivity index (χ2n) is 7.41. The number of benzene rings is 2. The van der Waals surface area contributed by atoms with Crippen molar-refractivity contribution in [3.63, 3.8) is 0 Å². The fourth-order valence-electron chi connectivity index (χ4n) is 3.58.